The van der Waals surface area contributed by atoms with Gasteiger partial charge in [0.05, 0.1) is 11.2 Å². The molecule has 20 heavy (non-hydrogen) atoms. The van der Waals surface area contributed by atoms with E-state index in [0.717, 1.165) is 12.5 Å². The molecule has 2 aliphatic heterocycles. The normalized spacial score (nSPS) is 25.8. The Labute approximate surface area is 131 Å². The van der Waals surface area contributed by atoms with Crippen LogP contribution in [0.25, 0.3) is 0 Å². The Kier molecular flexibility index (Phi) is 4.37. The first kappa shape index (κ1) is 14.8. The number of likely N-dealkylation sites (tertiary alicyclic amines) is 1. The van der Waals surface area contributed by atoms with Crippen molar-refractivity contribution in [1.82, 2.24) is 15.2 Å². The van der Waals surface area contributed by atoms with Gasteiger partial charge >= 0.3 is 0 Å². The van der Waals surface area contributed by atoms with Crippen molar-refractivity contribution < 1.29 is 0 Å². The number of piperidine rings is 1. The Morgan fingerprint density at radius 3 is 2.85 bits per heavy atom. The Bertz CT molecular complexity index is 452. The molecule has 3 fully saturated rings. The lowest BCUT2D eigenvalue weighted by Crippen LogP contribution is -2.38. The molecule has 0 amide bonds. The van der Waals surface area contributed by atoms with Gasteiger partial charge in [0.1, 0.15) is 0 Å². The van der Waals surface area contributed by atoms with Crippen LogP contribution in [0.5, 0.6) is 0 Å². The fourth-order valence-corrected chi connectivity index (χ4v) is 4.71. The number of nitrogens with one attached hydrogen (secondary N) is 1. The van der Waals surface area contributed by atoms with Gasteiger partial charge in [-0.15, -0.1) is 23.7 Å². The molecule has 3 heterocycles. The van der Waals surface area contributed by atoms with Gasteiger partial charge in [0.2, 0.25) is 0 Å². The molecule has 1 saturated carbocycles. The molecule has 2 saturated heterocycles. The largest absolute Gasteiger partial charge is 0.317 e. The lowest BCUT2D eigenvalue weighted by atomic mass is 9.78. The molecule has 4 rings (SSSR count). The van der Waals surface area contributed by atoms with Crippen molar-refractivity contribution >= 4 is 23.7 Å². The molecule has 1 aromatic rings. The Balaban J connectivity index is 0.00000121. The molecule has 0 aromatic carbocycles. The summed E-state index contributed by atoms with van der Waals surface area (Å²) in [6, 6.07) is 0. The molecule has 112 valence electrons. The molecule has 3 nitrogen and oxygen atoms in total. The summed E-state index contributed by atoms with van der Waals surface area (Å²) in [5, 5.41) is 3.50. The second-order valence-electron chi connectivity index (χ2n) is 6.65. The van der Waals surface area contributed by atoms with Gasteiger partial charge in [-0.25, -0.2) is 4.98 Å². The molecule has 0 bridgehead atoms. The first-order valence-corrected chi connectivity index (χ1v) is 8.58. The SMILES string of the molecule is Cl.c1nc(C2CC2)c(CN2CCC3(CCNCC3)C2)s1. The van der Waals surface area contributed by atoms with Crippen LogP contribution < -0.4 is 5.32 Å². The predicted molar refractivity (Wildman–Crippen MR) is 85.8 cm³/mol. The minimum absolute atomic E-state index is 0. The highest BCUT2D eigenvalue weighted by Crippen LogP contribution is 2.43. The molecule has 1 aromatic heterocycles. The van der Waals surface area contributed by atoms with E-state index in [4.69, 9.17) is 0 Å². The topological polar surface area (TPSA) is 28.2 Å². The Morgan fingerprint density at radius 1 is 1.30 bits per heavy atom. The van der Waals surface area contributed by atoms with Gasteiger partial charge in [0.15, 0.2) is 0 Å². The van der Waals surface area contributed by atoms with E-state index in [0.29, 0.717) is 5.41 Å². The van der Waals surface area contributed by atoms with Crippen LogP contribution in [0.1, 0.15) is 48.6 Å². The summed E-state index contributed by atoms with van der Waals surface area (Å²) in [5.41, 5.74) is 4.12. The van der Waals surface area contributed by atoms with Crippen LogP contribution in [-0.4, -0.2) is 36.1 Å². The predicted octanol–water partition coefficient (Wildman–Crippen LogP) is 3.02. The van der Waals surface area contributed by atoms with Crippen molar-refractivity contribution in [1.29, 1.82) is 0 Å². The van der Waals surface area contributed by atoms with Crippen molar-refractivity contribution in [2.45, 2.75) is 44.6 Å². The summed E-state index contributed by atoms with van der Waals surface area (Å²) in [6.07, 6.45) is 6.90. The van der Waals surface area contributed by atoms with Gasteiger partial charge in [0.25, 0.3) is 0 Å². The maximum absolute atomic E-state index is 4.61. The molecule has 3 aliphatic rings. The van der Waals surface area contributed by atoms with E-state index in [1.807, 2.05) is 11.3 Å². The van der Waals surface area contributed by atoms with Gasteiger partial charge in [-0.2, -0.15) is 0 Å². The van der Waals surface area contributed by atoms with Crippen molar-refractivity contribution in [3.8, 4) is 0 Å². The van der Waals surface area contributed by atoms with Gasteiger partial charge in [-0.05, 0) is 57.2 Å². The number of hydrogen-bond acceptors (Lipinski definition) is 4. The summed E-state index contributed by atoms with van der Waals surface area (Å²) >= 11 is 1.87. The van der Waals surface area contributed by atoms with E-state index in [1.54, 1.807) is 4.88 Å². The summed E-state index contributed by atoms with van der Waals surface area (Å²) < 4.78 is 0. The van der Waals surface area contributed by atoms with Crippen molar-refractivity contribution in [3.63, 3.8) is 0 Å². The highest BCUT2D eigenvalue weighted by atomic mass is 35.5. The average molecular weight is 314 g/mol. The molecular weight excluding hydrogens is 290 g/mol. The van der Waals surface area contributed by atoms with Crippen LogP contribution in [0.2, 0.25) is 0 Å². The zero-order valence-corrected chi connectivity index (χ0v) is 13.6. The van der Waals surface area contributed by atoms with Gasteiger partial charge in [-0.1, -0.05) is 0 Å². The second kappa shape index (κ2) is 5.91. The number of halogens is 1. The first-order valence-electron chi connectivity index (χ1n) is 7.70. The summed E-state index contributed by atoms with van der Waals surface area (Å²) in [6.45, 7) is 6.22. The molecule has 0 radical (unpaired) electrons. The maximum Gasteiger partial charge on any atom is 0.0798 e. The Hall–Kier alpha value is -0.160. The van der Waals surface area contributed by atoms with Crippen LogP contribution >= 0.6 is 23.7 Å². The second-order valence-corrected chi connectivity index (χ2v) is 7.59. The molecule has 0 unspecified atom stereocenters. The van der Waals surface area contributed by atoms with Crippen LogP contribution in [0.4, 0.5) is 0 Å². The van der Waals surface area contributed by atoms with Gasteiger partial charge in [-0.3, -0.25) is 4.90 Å². The van der Waals surface area contributed by atoms with E-state index in [9.17, 15) is 0 Å². The monoisotopic (exact) mass is 313 g/mol. The summed E-state index contributed by atoms with van der Waals surface area (Å²) in [4.78, 5) is 8.84. The smallest absolute Gasteiger partial charge is 0.0798 e. The number of hydrogen-bond donors (Lipinski definition) is 1. The molecule has 1 spiro atoms. The third kappa shape index (κ3) is 2.89. The third-order valence-electron chi connectivity index (χ3n) is 5.19. The minimum atomic E-state index is 0. The van der Waals surface area contributed by atoms with E-state index in [1.165, 1.54) is 64.0 Å². The Morgan fingerprint density at radius 2 is 2.10 bits per heavy atom. The van der Waals surface area contributed by atoms with Crippen LogP contribution in [0.3, 0.4) is 0 Å². The first-order chi connectivity index (χ1) is 9.35. The lowest BCUT2D eigenvalue weighted by Gasteiger charge is -2.33. The number of aromatic nitrogens is 1. The van der Waals surface area contributed by atoms with Crippen molar-refractivity contribution in [3.05, 3.63) is 16.1 Å². The van der Waals surface area contributed by atoms with Crippen LogP contribution in [0, 0.1) is 5.41 Å². The standard InChI is InChI=1S/C15H23N3S.ClH/c1-2-12(1)14-13(19-11-17-14)9-18-8-5-15(10-18)3-6-16-7-4-15;/h11-12,16H,1-10H2;1H. The molecule has 0 atom stereocenters. The quantitative estimate of drug-likeness (QED) is 0.930. The molecule has 5 heteroatoms. The molecular formula is C15H24ClN3S. The fourth-order valence-electron chi connectivity index (χ4n) is 3.82. The third-order valence-corrected chi connectivity index (χ3v) is 6.02. The van der Waals surface area contributed by atoms with E-state index >= 15 is 0 Å². The molecule has 1 aliphatic carbocycles. The minimum Gasteiger partial charge on any atom is -0.317 e. The number of rotatable bonds is 3. The van der Waals surface area contributed by atoms with Gasteiger partial charge < -0.3 is 5.32 Å². The van der Waals surface area contributed by atoms with E-state index in [-0.39, 0.29) is 12.4 Å². The van der Waals surface area contributed by atoms with Crippen LogP contribution in [-0.2, 0) is 6.54 Å². The zero-order chi connectivity index (χ0) is 12.7. The lowest BCUT2D eigenvalue weighted by molar-refractivity contribution is 0.194. The van der Waals surface area contributed by atoms with E-state index < -0.39 is 0 Å². The summed E-state index contributed by atoms with van der Waals surface area (Å²) in [7, 11) is 0. The van der Waals surface area contributed by atoms with Crippen LogP contribution in [0.15, 0.2) is 5.51 Å². The fraction of sp³-hybridized carbons (Fsp3) is 0.800. The zero-order valence-electron chi connectivity index (χ0n) is 11.9. The number of thiazole rings is 1. The molecule has 1 N–H and O–H groups in total. The van der Waals surface area contributed by atoms with Gasteiger partial charge in [0, 0.05) is 23.9 Å². The number of nitrogens with zero attached hydrogens (tertiary/aromatic N) is 2. The highest BCUT2D eigenvalue weighted by molar-refractivity contribution is 7.09. The summed E-state index contributed by atoms with van der Waals surface area (Å²) in [5.74, 6) is 0.802. The maximum atomic E-state index is 4.61. The van der Waals surface area contributed by atoms with E-state index in [2.05, 4.69) is 20.7 Å². The van der Waals surface area contributed by atoms with Crippen molar-refractivity contribution in [2.24, 2.45) is 5.41 Å². The van der Waals surface area contributed by atoms with Crippen molar-refractivity contribution in [2.75, 3.05) is 26.2 Å². The average Bonchev–Trinajstić information content (AvgIpc) is 3.06. The highest BCUT2D eigenvalue weighted by Gasteiger charge is 2.39.